The standard InChI is InChI=1S/C10H10ClN3/c11-9-3-8(4-12)6-14-10(9)13-5-7-1-2-7/h3,6-7H,1-2,5H2,(H,13,14). The normalized spacial score (nSPS) is 14.9. The number of anilines is 1. The minimum absolute atomic E-state index is 0.493. The fourth-order valence-electron chi connectivity index (χ4n) is 1.19. The van der Waals surface area contributed by atoms with Crippen LogP contribution in [-0.4, -0.2) is 11.5 Å². The molecule has 4 heteroatoms. The van der Waals surface area contributed by atoms with Gasteiger partial charge in [0.15, 0.2) is 0 Å². The van der Waals surface area contributed by atoms with Crippen LogP contribution in [0, 0.1) is 17.2 Å². The lowest BCUT2D eigenvalue weighted by Gasteiger charge is -2.05. The lowest BCUT2D eigenvalue weighted by atomic mass is 10.3. The van der Waals surface area contributed by atoms with Gasteiger partial charge in [-0.25, -0.2) is 4.98 Å². The molecule has 72 valence electrons. The maximum atomic E-state index is 8.61. The van der Waals surface area contributed by atoms with Crippen molar-refractivity contribution in [2.75, 3.05) is 11.9 Å². The van der Waals surface area contributed by atoms with Crippen molar-refractivity contribution >= 4 is 17.4 Å². The third kappa shape index (κ3) is 2.15. The van der Waals surface area contributed by atoms with Gasteiger partial charge in [-0.1, -0.05) is 11.6 Å². The Bertz CT molecular complexity index is 379. The third-order valence-electron chi connectivity index (χ3n) is 2.23. The van der Waals surface area contributed by atoms with Crippen molar-refractivity contribution in [2.24, 2.45) is 5.92 Å². The molecule has 1 heterocycles. The van der Waals surface area contributed by atoms with Crippen molar-refractivity contribution in [1.82, 2.24) is 4.98 Å². The Kier molecular flexibility index (Phi) is 2.55. The van der Waals surface area contributed by atoms with Crippen molar-refractivity contribution in [2.45, 2.75) is 12.8 Å². The number of nitrogens with zero attached hydrogens (tertiary/aromatic N) is 2. The molecule has 0 saturated heterocycles. The van der Waals surface area contributed by atoms with Gasteiger partial charge < -0.3 is 5.32 Å². The van der Waals surface area contributed by atoms with Gasteiger partial charge in [-0.2, -0.15) is 5.26 Å². The summed E-state index contributed by atoms with van der Waals surface area (Å²) in [5.41, 5.74) is 0.493. The molecular formula is C10H10ClN3. The highest BCUT2D eigenvalue weighted by atomic mass is 35.5. The van der Waals surface area contributed by atoms with E-state index >= 15 is 0 Å². The first-order chi connectivity index (χ1) is 6.79. The summed E-state index contributed by atoms with van der Waals surface area (Å²) in [6.07, 6.45) is 4.11. The van der Waals surface area contributed by atoms with Crippen LogP contribution in [-0.2, 0) is 0 Å². The predicted octanol–water partition coefficient (Wildman–Crippen LogP) is 2.43. The van der Waals surface area contributed by atoms with E-state index in [0.717, 1.165) is 12.5 Å². The second-order valence-corrected chi connectivity index (χ2v) is 3.90. The number of nitrogens with one attached hydrogen (secondary N) is 1. The summed E-state index contributed by atoms with van der Waals surface area (Å²) >= 11 is 5.94. The molecule has 0 amide bonds. The SMILES string of the molecule is N#Cc1cnc(NCC2CC2)c(Cl)c1. The van der Waals surface area contributed by atoms with Crippen LogP contribution in [0.15, 0.2) is 12.3 Å². The molecule has 3 nitrogen and oxygen atoms in total. The Morgan fingerprint density at radius 2 is 2.43 bits per heavy atom. The van der Waals surface area contributed by atoms with E-state index in [1.807, 2.05) is 6.07 Å². The summed E-state index contributed by atoms with van der Waals surface area (Å²) in [5, 5.41) is 12.3. The fourth-order valence-corrected chi connectivity index (χ4v) is 1.43. The molecule has 0 spiro atoms. The maximum Gasteiger partial charge on any atom is 0.144 e. The Hall–Kier alpha value is -1.27. The molecule has 0 radical (unpaired) electrons. The predicted molar refractivity (Wildman–Crippen MR) is 55.2 cm³/mol. The number of rotatable bonds is 3. The van der Waals surface area contributed by atoms with Crippen LogP contribution in [0.1, 0.15) is 18.4 Å². The van der Waals surface area contributed by atoms with Crippen LogP contribution in [0.3, 0.4) is 0 Å². The highest BCUT2D eigenvalue weighted by Crippen LogP contribution is 2.29. The number of halogens is 1. The smallest absolute Gasteiger partial charge is 0.144 e. The lowest BCUT2D eigenvalue weighted by molar-refractivity contribution is 0.883. The van der Waals surface area contributed by atoms with Gasteiger partial charge in [-0.15, -0.1) is 0 Å². The molecule has 1 aromatic heterocycles. The molecule has 0 bridgehead atoms. The molecule has 0 atom stereocenters. The van der Waals surface area contributed by atoms with Crippen molar-refractivity contribution in [3.05, 3.63) is 22.8 Å². The number of aromatic nitrogens is 1. The number of hydrogen-bond donors (Lipinski definition) is 1. The van der Waals surface area contributed by atoms with E-state index in [-0.39, 0.29) is 0 Å². The monoisotopic (exact) mass is 207 g/mol. The van der Waals surface area contributed by atoms with Crippen molar-refractivity contribution in [3.63, 3.8) is 0 Å². The van der Waals surface area contributed by atoms with Gasteiger partial charge in [0.25, 0.3) is 0 Å². The summed E-state index contributed by atoms with van der Waals surface area (Å²) in [4.78, 5) is 4.08. The van der Waals surface area contributed by atoms with E-state index in [4.69, 9.17) is 16.9 Å². The maximum absolute atomic E-state index is 8.61. The van der Waals surface area contributed by atoms with E-state index < -0.39 is 0 Å². The Labute approximate surface area is 87.7 Å². The highest BCUT2D eigenvalue weighted by molar-refractivity contribution is 6.33. The fraction of sp³-hybridized carbons (Fsp3) is 0.400. The van der Waals surface area contributed by atoms with Crippen LogP contribution < -0.4 is 5.32 Å². The van der Waals surface area contributed by atoms with Gasteiger partial charge in [0.05, 0.1) is 10.6 Å². The van der Waals surface area contributed by atoms with Gasteiger partial charge in [0.1, 0.15) is 11.9 Å². The molecule has 1 aliphatic carbocycles. The Morgan fingerprint density at radius 1 is 1.64 bits per heavy atom. The number of pyridine rings is 1. The lowest BCUT2D eigenvalue weighted by Crippen LogP contribution is -2.05. The molecule has 1 saturated carbocycles. The molecule has 1 aliphatic rings. The first-order valence-corrected chi connectivity index (χ1v) is 4.97. The second-order valence-electron chi connectivity index (χ2n) is 3.49. The van der Waals surface area contributed by atoms with E-state index in [1.54, 1.807) is 6.07 Å². The molecular weight excluding hydrogens is 198 g/mol. The highest BCUT2D eigenvalue weighted by Gasteiger charge is 2.21. The first kappa shape index (κ1) is 9.29. The first-order valence-electron chi connectivity index (χ1n) is 4.59. The summed E-state index contributed by atoms with van der Waals surface area (Å²) in [5.74, 6) is 1.46. The molecule has 0 unspecified atom stereocenters. The van der Waals surface area contributed by atoms with Crippen LogP contribution in [0.2, 0.25) is 5.02 Å². The van der Waals surface area contributed by atoms with Crippen molar-refractivity contribution in [1.29, 1.82) is 5.26 Å². The zero-order chi connectivity index (χ0) is 9.97. The summed E-state index contributed by atoms with van der Waals surface area (Å²) in [7, 11) is 0. The topological polar surface area (TPSA) is 48.7 Å². The minimum atomic E-state index is 0.493. The molecule has 0 aromatic carbocycles. The summed E-state index contributed by atoms with van der Waals surface area (Å²) in [6, 6.07) is 3.63. The molecule has 1 aromatic rings. The van der Waals surface area contributed by atoms with Gasteiger partial charge in [0.2, 0.25) is 0 Å². The van der Waals surface area contributed by atoms with Crippen LogP contribution >= 0.6 is 11.6 Å². The molecule has 0 aliphatic heterocycles. The molecule has 1 fully saturated rings. The van der Waals surface area contributed by atoms with Gasteiger partial charge in [-0.3, -0.25) is 0 Å². The van der Waals surface area contributed by atoms with E-state index in [2.05, 4.69) is 10.3 Å². The zero-order valence-corrected chi connectivity index (χ0v) is 8.38. The Morgan fingerprint density at radius 3 is 3.00 bits per heavy atom. The second kappa shape index (κ2) is 3.85. The van der Waals surface area contributed by atoms with Crippen LogP contribution in [0.25, 0.3) is 0 Å². The van der Waals surface area contributed by atoms with E-state index in [0.29, 0.717) is 16.4 Å². The Balaban J connectivity index is 2.05. The largest absolute Gasteiger partial charge is 0.369 e. The number of nitriles is 1. The zero-order valence-electron chi connectivity index (χ0n) is 7.63. The quantitative estimate of drug-likeness (QED) is 0.828. The van der Waals surface area contributed by atoms with Crippen molar-refractivity contribution in [3.8, 4) is 6.07 Å². The third-order valence-corrected chi connectivity index (χ3v) is 2.51. The average molecular weight is 208 g/mol. The van der Waals surface area contributed by atoms with Gasteiger partial charge in [-0.05, 0) is 24.8 Å². The molecule has 2 rings (SSSR count). The van der Waals surface area contributed by atoms with Gasteiger partial charge >= 0.3 is 0 Å². The van der Waals surface area contributed by atoms with Crippen LogP contribution in [0.4, 0.5) is 5.82 Å². The van der Waals surface area contributed by atoms with Crippen LogP contribution in [0.5, 0.6) is 0 Å². The summed E-state index contributed by atoms with van der Waals surface area (Å²) in [6.45, 7) is 0.929. The summed E-state index contributed by atoms with van der Waals surface area (Å²) < 4.78 is 0. The number of hydrogen-bond acceptors (Lipinski definition) is 3. The van der Waals surface area contributed by atoms with Crippen molar-refractivity contribution < 1.29 is 0 Å². The molecule has 14 heavy (non-hydrogen) atoms. The van der Waals surface area contributed by atoms with Gasteiger partial charge in [0, 0.05) is 12.7 Å². The molecule has 1 N–H and O–H groups in total. The van der Waals surface area contributed by atoms with E-state index in [1.165, 1.54) is 19.0 Å². The minimum Gasteiger partial charge on any atom is -0.369 e. The average Bonchev–Trinajstić information content (AvgIpc) is 2.99. The van der Waals surface area contributed by atoms with E-state index in [9.17, 15) is 0 Å².